The van der Waals surface area contributed by atoms with Crippen LogP contribution in [0.5, 0.6) is 0 Å². The Bertz CT molecular complexity index is 295. The molecule has 3 nitrogen and oxygen atoms in total. The molecule has 0 spiro atoms. The highest BCUT2D eigenvalue weighted by molar-refractivity contribution is 6.32. The summed E-state index contributed by atoms with van der Waals surface area (Å²) in [5, 5.41) is 7.46. The molecule has 13 heavy (non-hydrogen) atoms. The smallest absolute Gasteiger partial charge is 0.358 e. The number of rotatable bonds is 2. The second-order valence-electron chi connectivity index (χ2n) is 2.48. The van der Waals surface area contributed by atoms with Crippen LogP contribution in [0.2, 0.25) is 0 Å². The van der Waals surface area contributed by atoms with Gasteiger partial charge in [-0.25, -0.2) is 4.79 Å². The second-order valence-corrected chi connectivity index (χ2v) is 3.03. The fourth-order valence-electron chi connectivity index (χ4n) is 0.912. The van der Waals surface area contributed by atoms with E-state index in [9.17, 15) is 9.90 Å². The summed E-state index contributed by atoms with van der Waals surface area (Å²) in [6.45, 7) is 0. The predicted octanol–water partition coefficient (Wildman–Crippen LogP) is 1.24. The van der Waals surface area contributed by atoms with Crippen molar-refractivity contribution in [2.24, 2.45) is 0 Å². The van der Waals surface area contributed by atoms with Crippen molar-refractivity contribution in [1.29, 1.82) is 0 Å². The average molecular weight is 201 g/mol. The molecule has 0 aliphatic carbocycles. The Kier molecular flexibility index (Phi) is 2.90. The molecule has 0 radical (unpaired) electrons. The van der Waals surface area contributed by atoms with Crippen molar-refractivity contribution in [3.8, 4) is 0 Å². The van der Waals surface area contributed by atoms with Crippen molar-refractivity contribution in [3.63, 3.8) is 0 Å². The van der Waals surface area contributed by atoms with Gasteiger partial charge >= 0.3 is 5.97 Å². The summed E-state index contributed by atoms with van der Waals surface area (Å²) in [5.74, 6) is -0.889. The minimum atomic E-state index is -2.09. The molecule has 1 N–H and O–H groups in total. The summed E-state index contributed by atoms with van der Waals surface area (Å²) >= 11 is 5.59. The first-order chi connectivity index (χ1) is 6.09. The summed E-state index contributed by atoms with van der Waals surface area (Å²) in [6.07, 6.45) is 0. The first-order valence-electron chi connectivity index (χ1n) is 3.64. The lowest BCUT2D eigenvalue weighted by molar-refractivity contribution is -0.154. The minimum absolute atomic E-state index is 0.295. The highest BCUT2D eigenvalue weighted by atomic mass is 35.5. The van der Waals surface area contributed by atoms with Crippen LogP contribution >= 0.6 is 11.6 Å². The van der Waals surface area contributed by atoms with Crippen LogP contribution in [0.15, 0.2) is 30.3 Å². The molecule has 0 amide bonds. The fourth-order valence-corrected chi connectivity index (χ4v) is 1.12. The molecular formula is C9H9ClO3. The minimum Gasteiger partial charge on any atom is -0.466 e. The molecule has 0 bridgehead atoms. The SMILES string of the molecule is COC(=O)C(O)(Cl)c1ccccc1. The Morgan fingerprint density at radius 3 is 2.46 bits per heavy atom. The van der Waals surface area contributed by atoms with Crippen LogP contribution in [-0.2, 0) is 14.6 Å². The zero-order chi connectivity index (χ0) is 9.90. The van der Waals surface area contributed by atoms with E-state index in [0.717, 1.165) is 0 Å². The van der Waals surface area contributed by atoms with Crippen LogP contribution in [0.3, 0.4) is 0 Å². The van der Waals surface area contributed by atoms with E-state index in [4.69, 9.17) is 11.6 Å². The molecule has 0 heterocycles. The van der Waals surface area contributed by atoms with Crippen molar-refractivity contribution < 1.29 is 14.6 Å². The number of carbonyl (C=O) groups is 1. The maximum Gasteiger partial charge on any atom is 0.358 e. The molecule has 4 heteroatoms. The van der Waals surface area contributed by atoms with Crippen LogP contribution in [0, 0.1) is 0 Å². The molecule has 1 aromatic rings. The Hall–Kier alpha value is -1.06. The molecule has 0 aliphatic rings. The molecule has 0 saturated heterocycles. The van der Waals surface area contributed by atoms with E-state index >= 15 is 0 Å². The lowest BCUT2D eigenvalue weighted by Gasteiger charge is -2.17. The number of esters is 1. The van der Waals surface area contributed by atoms with E-state index in [0.29, 0.717) is 5.56 Å². The Morgan fingerprint density at radius 1 is 1.46 bits per heavy atom. The first kappa shape index (κ1) is 10.0. The number of alkyl halides is 1. The van der Waals surface area contributed by atoms with Crippen molar-refractivity contribution >= 4 is 17.6 Å². The van der Waals surface area contributed by atoms with Crippen molar-refractivity contribution in [1.82, 2.24) is 0 Å². The van der Waals surface area contributed by atoms with Gasteiger partial charge in [0.2, 0.25) is 0 Å². The van der Waals surface area contributed by atoms with E-state index in [2.05, 4.69) is 4.74 Å². The highest BCUT2D eigenvalue weighted by Crippen LogP contribution is 2.26. The maximum atomic E-state index is 11.0. The van der Waals surface area contributed by atoms with E-state index in [1.807, 2.05) is 0 Å². The summed E-state index contributed by atoms with van der Waals surface area (Å²) in [6, 6.07) is 8.19. The Balaban J connectivity index is 3.00. The Morgan fingerprint density at radius 2 is 2.00 bits per heavy atom. The zero-order valence-corrected chi connectivity index (χ0v) is 7.78. The highest BCUT2D eigenvalue weighted by Gasteiger charge is 2.36. The molecule has 1 unspecified atom stereocenters. The lowest BCUT2D eigenvalue weighted by atomic mass is 10.1. The van der Waals surface area contributed by atoms with E-state index in [-0.39, 0.29) is 0 Å². The molecule has 0 fully saturated rings. The molecule has 70 valence electrons. The number of halogens is 1. The van der Waals surface area contributed by atoms with Crippen LogP contribution in [-0.4, -0.2) is 18.2 Å². The monoisotopic (exact) mass is 200 g/mol. The quantitative estimate of drug-likeness (QED) is 0.577. The summed E-state index contributed by atoms with van der Waals surface area (Å²) in [7, 11) is 1.17. The van der Waals surface area contributed by atoms with Crippen LogP contribution in [0.25, 0.3) is 0 Å². The van der Waals surface area contributed by atoms with Crippen LogP contribution in [0.4, 0.5) is 0 Å². The summed E-state index contributed by atoms with van der Waals surface area (Å²) in [4.78, 5) is 11.0. The number of hydrogen-bond donors (Lipinski definition) is 1. The summed E-state index contributed by atoms with van der Waals surface area (Å²) < 4.78 is 4.35. The van der Waals surface area contributed by atoms with Gasteiger partial charge < -0.3 is 9.84 Å². The standard InChI is InChI=1S/C9H9ClO3/c1-13-8(11)9(10,12)7-5-3-2-4-6-7/h2-6,12H,1H3. The van der Waals surface area contributed by atoms with Gasteiger partial charge in [-0.05, 0) is 0 Å². The molecule has 1 atom stereocenters. The lowest BCUT2D eigenvalue weighted by Crippen LogP contribution is -2.30. The maximum absolute atomic E-state index is 11.0. The van der Waals surface area contributed by atoms with Crippen LogP contribution < -0.4 is 0 Å². The van der Waals surface area contributed by atoms with Gasteiger partial charge in [0.05, 0.1) is 7.11 Å². The van der Waals surface area contributed by atoms with Gasteiger partial charge in [0, 0.05) is 5.56 Å². The van der Waals surface area contributed by atoms with Gasteiger partial charge in [0.25, 0.3) is 5.06 Å². The van der Waals surface area contributed by atoms with Crippen molar-refractivity contribution in [3.05, 3.63) is 35.9 Å². The van der Waals surface area contributed by atoms with E-state index < -0.39 is 11.0 Å². The normalized spacial score (nSPS) is 14.7. The molecule has 1 aromatic carbocycles. The zero-order valence-electron chi connectivity index (χ0n) is 7.03. The summed E-state index contributed by atoms with van der Waals surface area (Å²) in [5.41, 5.74) is 0.295. The van der Waals surface area contributed by atoms with Crippen molar-refractivity contribution in [2.75, 3.05) is 7.11 Å². The van der Waals surface area contributed by atoms with Gasteiger partial charge in [-0.15, -0.1) is 0 Å². The van der Waals surface area contributed by atoms with Gasteiger partial charge in [0.15, 0.2) is 0 Å². The Labute approximate surface area is 80.9 Å². The van der Waals surface area contributed by atoms with E-state index in [1.54, 1.807) is 30.3 Å². The second kappa shape index (κ2) is 3.77. The fraction of sp³-hybridized carbons (Fsp3) is 0.222. The third-order valence-corrected chi connectivity index (χ3v) is 1.98. The van der Waals surface area contributed by atoms with Gasteiger partial charge in [0.1, 0.15) is 0 Å². The molecule has 0 aromatic heterocycles. The third kappa shape index (κ3) is 1.99. The molecule has 1 rings (SSSR count). The third-order valence-electron chi connectivity index (χ3n) is 1.61. The number of benzene rings is 1. The van der Waals surface area contributed by atoms with Crippen LogP contribution in [0.1, 0.15) is 5.56 Å². The molecule has 0 saturated carbocycles. The number of methoxy groups -OCH3 is 1. The largest absolute Gasteiger partial charge is 0.466 e. The number of carbonyl (C=O) groups excluding carboxylic acids is 1. The van der Waals surface area contributed by atoms with Gasteiger partial charge in [-0.2, -0.15) is 0 Å². The average Bonchev–Trinajstić information content (AvgIpc) is 2.18. The number of aliphatic hydroxyl groups is 1. The molecular weight excluding hydrogens is 192 g/mol. The number of ether oxygens (including phenoxy) is 1. The predicted molar refractivity (Wildman–Crippen MR) is 48.2 cm³/mol. The molecule has 0 aliphatic heterocycles. The van der Waals surface area contributed by atoms with E-state index in [1.165, 1.54) is 7.11 Å². The van der Waals surface area contributed by atoms with Gasteiger partial charge in [-0.3, -0.25) is 0 Å². The topological polar surface area (TPSA) is 46.5 Å². The number of hydrogen-bond acceptors (Lipinski definition) is 3. The van der Waals surface area contributed by atoms with Crippen molar-refractivity contribution in [2.45, 2.75) is 5.06 Å². The van der Waals surface area contributed by atoms with Gasteiger partial charge in [-0.1, -0.05) is 41.9 Å². The first-order valence-corrected chi connectivity index (χ1v) is 4.02.